The lowest BCUT2D eigenvalue weighted by molar-refractivity contribution is 0.0935. The summed E-state index contributed by atoms with van der Waals surface area (Å²) in [6.07, 6.45) is 0.621. The molecule has 0 fully saturated rings. The molecule has 0 aliphatic heterocycles. The Bertz CT molecular complexity index is 889. The molecule has 1 unspecified atom stereocenters. The average molecular weight is 357 g/mol. The fourth-order valence-corrected chi connectivity index (χ4v) is 2.51. The van der Waals surface area contributed by atoms with Crippen molar-refractivity contribution in [3.05, 3.63) is 65.0 Å². The Kier molecular flexibility index (Phi) is 5.31. The molecular weight excluding hydrogens is 337 g/mol. The maximum Gasteiger partial charge on any atom is 0.271 e. The normalized spacial score (nSPS) is 12.0. The van der Waals surface area contributed by atoms with E-state index in [0.717, 1.165) is 11.4 Å². The monoisotopic (exact) mass is 357 g/mol. The summed E-state index contributed by atoms with van der Waals surface area (Å²) < 4.78 is 18.6. The molecule has 7 nitrogen and oxygen atoms in total. The van der Waals surface area contributed by atoms with Gasteiger partial charge in [-0.15, -0.1) is 0 Å². The standard InChI is InChI=1S/C18H20FN5O2/c1-11(6-14-7-12(2)21-22-14)20-18(25)17-9-15(23-24-17)10-26-16-5-3-4-13(19)8-16/h3-5,7-9,11H,6,10H2,1-2H3,(H,20,25)(H,21,22)(H,23,24). The first kappa shape index (κ1) is 17.7. The van der Waals surface area contributed by atoms with Crippen LogP contribution in [0.1, 0.15) is 34.5 Å². The zero-order valence-corrected chi connectivity index (χ0v) is 14.5. The molecule has 0 bridgehead atoms. The molecule has 3 N–H and O–H groups in total. The molecule has 26 heavy (non-hydrogen) atoms. The van der Waals surface area contributed by atoms with Gasteiger partial charge >= 0.3 is 0 Å². The smallest absolute Gasteiger partial charge is 0.271 e. The van der Waals surface area contributed by atoms with Crippen molar-refractivity contribution in [3.8, 4) is 5.75 Å². The molecule has 1 amide bonds. The first-order chi connectivity index (χ1) is 12.5. The van der Waals surface area contributed by atoms with E-state index in [1.54, 1.807) is 18.2 Å². The maximum atomic E-state index is 13.1. The van der Waals surface area contributed by atoms with Crippen LogP contribution in [0.15, 0.2) is 36.4 Å². The maximum absolute atomic E-state index is 13.1. The average Bonchev–Trinajstić information content (AvgIpc) is 3.22. The van der Waals surface area contributed by atoms with Crippen LogP contribution in [0.2, 0.25) is 0 Å². The third-order valence-electron chi connectivity index (χ3n) is 3.71. The van der Waals surface area contributed by atoms with Gasteiger partial charge in [0.15, 0.2) is 0 Å². The molecule has 0 saturated carbocycles. The minimum absolute atomic E-state index is 0.0890. The van der Waals surface area contributed by atoms with E-state index in [4.69, 9.17) is 4.74 Å². The van der Waals surface area contributed by atoms with Gasteiger partial charge in [0.05, 0.1) is 11.4 Å². The van der Waals surface area contributed by atoms with Gasteiger partial charge in [0, 0.05) is 24.2 Å². The van der Waals surface area contributed by atoms with Crippen LogP contribution in [0.25, 0.3) is 0 Å². The van der Waals surface area contributed by atoms with Crippen LogP contribution < -0.4 is 10.1 Å². The van der Waals surface area contributed by atoms with Crippen LogP contribution in [0.3, 0.4) is 0 Å². The van der Waals surface area contributed by atoms with Crippen molar-refractivity contribution in [1.82, 2.24) is 25.7 Å². The summed E-state index contributed by atoms with van der Waals surface area (Å²) in [5.41, 5.74) is 2.76. The van der Waals surface area contributed by atoms with E-state index in [2.05, 4.69) is 25.7 Å². The van der Waals surface area contributed by atoms with Gasteiger partial charge < -0.3 is 10.1 Å². The minimum Gasteiger partial charge on any atom is -0.487 e. The van der Waals surface area contributed by atoms with Gasteiger partial charge in [0.2, 0.25) is 0 Å². The Morgan fingerprint density at radius 1 is 1.27 bits per heavy atom. The first-order valence-electron chi connectivity index (χ1n) is 8.24. The number of hydrogen-bond donors (Lipinski definition) is 3. The van der Waals surface area contributed by atoms with E-state index in [-0.39, 0.29) is 30.1 Å². The number of benzene rings is 1. The molecule has 0 radical (unpaired) electrons. The third-order valence-corrected chi connectivity index (χ3v) is 3.71. The predicted molar refractivity (Wildman–Crippen MR) is 93.3 cm³/mol. The van der Waals surface area contributed by atoms with Crippen molar-refractivity contribution in [2.24, 2.45) is 0 Å². The van der Waals surface area contributed by atoms with Gasteiger partial charge in [-0.3, -0.25) is 15.0 Å². The summed E-state index contributed by atoms with van der Waals surface area (Å²) in [6.45, 7) is 3.99. The van der Waals surface area contributed by atoms with Gasteiger partial charge in [-0.2, -0.15) is 10.2 Å². The van der Waals surface area contributed by atoms with Crippen LogP contribution in [0.4, 0.5) is 4.39 Å². The Morgan fingerprint density at radius 2 is 2.12 bits per heavy atom. The number of H-pyrrole nitrogens is 2. The number of rotatable bonds is 7. The van der Waals surface area contributed by atoms with E-state index >= 15 is 0 Å². The quantitative estimate of drug-likeness (QED) is 0.605. The molecular formula is C18H20FN5O2. The van der Waals surface area contributed by atoms with Gasteiger partial charge in [-0.05, 0) is 38.1 Å². The number of aryl methyl sites for hydroxylation is 1. The van der Waals surface area contributed by atoms with Gasteiger partial charge in [-0.25, -0.2) is 4.39 Å². The van der Waals surface area contributed by atoms with E-state index < -0.39 is 0 Å². The number of ether oxygens (including phenoxy) is 1. The van der Waals surface area contributed by atoms with Crippen LogP contribution in [0.5, 0.6) is 5.75 Å². The highest BCUT2D eigenvalue weighted by Gasteiger charge is 2.15. The van der Waals surface area contributed by atoms with E-state index in [0.29, 0.717) is 17.9 Å². The largest absolute Gasteiger partial charge is 0.487 e. The number of nitrogens with one attached hydrogen (secondary N) is 3. The topological polar surface area (TPSA) is 95.7 Å². The summed E-state index contributed by atoms with van der Waals surface area (Å²) in [7, 11) is 0. The second-order valence-electron chi connectivity index (χ2n) is 6.15. The van der Waals surface area contributed by atoms with Gasteiger partial charge in [0.25, 0.3) is 5.91 Å². The molecule has 2 heterocycles. The number of carbonyl (C=O) groups excluding carboxylic acids is 1. The molecule has 2 aromatic heterocycles. The van der Waals surface area contributed by atoms with Gasteiger partial charge in [0.1, 0.15) is 23.9 Å². The van der Waals surface area contributed by atoms with Crippen LogP contribution >= 0.6 is 0 Å². The summed E-state index contributed by atoms with van der Waals surface area (Å²) in [6, 6.07) is 9.33. The van der Waals surface area contributed by atoms with Gasteiger partial charge in [-0.1, -0.05) is 6.07 Å². The Labute approximate surface area is 150 Å². The van der Waals surface area contributed by atoms with E-state index in [1.165, 1.54) is 12.1 Å². The van der Waals surface area contributed by atoms with Crippen molar-refractivity contribution >= 4 is 5.91 Å². The third kappa shape index (κ3) is 4.69. The van der Waals surface area contributed by atoms with Crippen LogP contribution in [0, 0.1) is 12.7 Å². The summed E-state index contributed by atoms with van der Waals surface area (Å²) in [5.74, 6) is -0.236. The van der Waals surface area contributed by atoms with Crippen LogP contribution in [-0.4, -0.2) is 32.3 Å². The summed E-state index contributed by atoms with van der Waals surface area (Å²) in [4.78, 5) is 12.3. The molecule has 0 aliphatic carbocycles. The van der Waals surface area contributed by atoms with Crippen molar-refractivity contribution in [2.45, 2.75) is 32.9 Å². The number of hydrogen-bond acceptors (Lipinski definition) is 4. The Hall–Kier alpha value is -3.16. The van der Waals surface area contributed by atoms with Crippen LogP contribution in [-0.2, 0) is 13.0 Å². The Morgan fingerprint density at radius 3 is 2.85 bits per heavy atom. The number of nitrogens with zero attached hydrogens (tertiary/aromatic N) is 2. The molecule has 3 aromatic rings. The molecule has 0 aliphatic rings. The van der Waals surface area contributed by atoms with Crippen molar-refractivity contribution in [3.63, 3.8) is 0 Å². The molecule has 1 aromatic carbocycles. The molecule has 136 valence electrons. The number of carbonyl (C=O) groups is 1. The Balaban J connectivity index is 1.52. The fraction of sp³-hybridized carbons (Fsp3) is 0.278. The van der Waals surface area contributed by atoms with E-state index in [1.807, 2.05) is 19.9 Å². The number of halogens is 1. The first-order valence-corrected chi connectivity index (χ1v) is 8.24. The fourth-order valence-electron chi connectivity index (χ4n) is 2.51. The molecule has 8 heteroatoms. The van der Waals surface area contributed by atoms with Crippen molar-refractivity contribution < 1.29 is 13.9 Å². The summed E-state index contributed by atoms with van der Waals surface area (Å²) in [5, 5.41) is 16.7. The zero-order valence-electron chi connectivity index (χ0n) is 14.5. The minimum atomic E-state index is -0.367. The molecule has 0 spiro atoms. The summed E-state index contributed by atoms with van der Waals surface area (Å²) >= 11 is 0. The lowest BCUT2D eigenvalue weighted by Gasteiger charge is -2.11. The van der Waals surface area contributed by atoms with Crippen molar-refractivity contribution in [2.75, 3.05) is 0 Å². The number of amides is 1. The highest BCUT2D eigenvalue weighted by molar-refractivity contribution is 5.92. The molecule has 3 rings (SSSR count). The second kappa shape index (κ2) is 7.81. The SMILES string of the molecule is Cc1cc(CC(C)NC(=O)c2cc(COc3cccc(F)c3)[nH]n2)n[nH]1. The second-order valence-corrected chi connectivity index (χ2v) is 6.15. The lowest BCUT2D eigenvalue weighted by Crippen LogP contribution is -2.34. The highest BCUT2D eigenvalue weighted by atomic mass is 19.1. The van der Waals surface area contributed by atoms with Crippen molar-refractivity contribution in [1.29, 1.82) is 0 Å². The number of aromatic nitrogens is 4. The zero-order chi connectivity index (χ0) is 18.5. The molecule has 1 atom stereocenters. The highest BCUT2D eigenvalue weighted by Crippen LogP contribution is 2.14. The number of aromatic amines is 2. The predicted octanol–water partition coefficient (Wildman–Crippen LogP) is 2.52. The lowest BCUT2D eigenvalue weighted by atomic mass is 10.1. The van der Waals surface area contributed by atoms with E-state index in [9.17, 15) is 9.18 Å². The molecule has 0 saturated heterocycles.